The molecule has 1 aromatic carbocycles. The van der Waals surface area contributed by atoms with Gasteiger partial charge in [-0.2, -0.15) is 0 Å². The van der Waals surface area contributed by atoms with Gasteiger partial charge in [-0.15, -0.1) is 0 Å². The Kier molecular flexibility index (Phi) is 5.67. The third-order valence-electron chi connectivity index (χ3n) is 2.77. The SMILES string of the molecule is CC(C)S(=O)(=O)CCCC(Br)c1ccccc1. The molecule has 0 N–H and O–H groups in total. The van der Waals surface area contributed by atoms with Crippen LogP contribution in [0, 0.1) is 0 Å². The fourth-order valence-corrected chi connectivity index (χ4v) is 3.20. The molecule has 0 aliphatic rings. The van der Waals surface area contributed by atoms with Crippen LogP contribution in [0.4, 0.5) is 0 Å². The lowest BCUT2D eigenvalue weighted by Crippen LogP contribution is -2.17. The van der Waals surface area contributed by atoms with Crippen molar-refractivity contribution >= 4 is 25.8 Å². The highest BCUT2D eigenvalue weighted by molar-refractivity contribution is 9.09. The van der Waals surface area contributed by atoms with E-state index in [9.17, 15) is 8.42 Å². The molecular weight excluding hydrogens is 300 g/mol. The highest BCUT2D eigenvalue weighted by Crippen LogP contribution is 2.27. The predicted molar refractivity (Wildman–Crippen MR) is 76.3 cm³/mol. The van der Waals surface area contributed by atoms with Crippen LogP contribution in [0.25, 0.3) is 0 Å². The lowest BCUT2D eigenvalue weighted by atomic mass is 10.1. The van der Waals surface area contributed by atoms with Crippen LogP contribution in [0.5, 0.6) is 0 Å². The average molecular weight is 319 g/mol. The van der Waals surface area contributed by atoms with Gasteiger partial charge in [-0.1, -0.05) is 46.3 Å². The van der Waals surface area contributed by atoms with E-state index in [1.54, 1.807) is 13.8 Å². The molecule has 0 aliphatic carbocycles. The molecule has 1 atom stereocenters. The van der Waals surface area contributed by atoms with Crippen molar-refractivity contribution in [3.05, 3.63) is 35.9 Å². The second kappa shape index (κ2) is 6.55. The minimum atomic E-state index is -2.90. The van der Waals surface area contributed by atoms with Gasteiger partial charge in [0, 0.05) is 4.83 Å². The van der Waals surface area contributed by atoms with Gasteiger partial charge in [0.1, 0.15) is 0 Å². The molecule has 0 heterocycles. The number of sulfone groups is 1. The minimum absolute atomic E-state index is 0.242. The molecule has 0 aromatic heterocycles. The second-order valence-electron chi connectivity index (χ2n) is 4.44. The number of hydrogen-bond donors (Lipinski definition) is 0. The van der Waals surface area contributed by atoms with Crippen LogP contribution < -0.4 is 0 Å². The fourth-order valence-electron chi connectivity index (χ4n) is 1.53. The van der Waals surface area contributed by atoms with E-state index >= 15 is 0 Å². The van der Waals surface area contributed by atoms with Gasteiger partial charge in [0.2, 0.25) is 0 Å². The zero-order valence-electron chi connectivity index (χ0n) is 10.3. The first-order valence-electron chi connectivity index (χ1n) is 5.84. The van der Waals surface area contributed by atoms with Gasteiger partial charge in [-0.25, -0.2) is 8.42 Å². The summed E-state index contributed by atoms with van der Waals surface area (Å²) in [7, 11) is -2.90. The van der Waals surface area contributed by atoms with E-state index < -0.39 is 9.84 Å². The van der Waals surface area contributed by atoms with Gasteiger partial charge in [0.25, 0.3) is 0 Å². The van der Waals surface area contributed by atoms with Gasteiger partial charge in [0.15, 0.2) is 9.84 Å². The molecule has 2 nitrogen and oxygen atoms in total. The van der Waals surface area contributed by atoms with Crippen LogP contribution in [0.1, 0.15) is 37.1 Å². The van der Waals surface area contributed by atoms with Crippen molar-refractivity contribution < 1.29 is 8.42 Å². The lowest BCUT2D eigenvalue weighted by molar-refractivity contribution is 0.582. The summed E-state index contributed by atoms with van der Waals surface area (Å²) in [5.41, 5.74) is 1.20. The Bertz CT molecular complexity index is 426. The standard InChI is InChI=1S/C13H19BrO2S/c1-11(2)17(15,16)10-6-9-13(14)12-7-4-3-5-8-12/h3-5,7-8,11,13H,6,9-10H2,1-2H3. The van der Waals surface area contributed by atoms with Crippen molar-refractivity contribution in [1.29, 1.82) is 0 Å². The summed E-state index contributed by atoms with van der Waals surface area (Å²) in [6.45, 7) is 3.47. The summed E-state index contributed by atoms with van der Waals surface area (Å²) in [5, 5.41) is -0.270. The number of benzene rings is 1. The van der Waals surface area contributed by atoms with Crippen molar-refractivity contribution in [2.45, 2.75) is 36.8 Å². The fraction of sp³-hybridized carbons (Fsp3) is 0.538. The van der Waals surface area contributed by atoms with Crippen molar-refractivity contribution in [1.82, 2.24) is 0 Å². The minimum Gasteiger partial charge on any atom is -0.229 e. The molecule has 0 saturated heterocycles. The second-order valence-corrected chi connectivity index (χ2v) is 8.22. The molecular formula is C13H19BrO2S. The van der Waals surface area contributed by atoms with Crippen LogP contribution in [0.15, 0.2) is 30.3 Å². The van der Waals surface area contributed by atoms with E-state index in [-0.39, 0.29) is 15.8 Å². The molecule has 4 heteroatoms. The maximum absolute atomic E-state index is 11.6. The largest absolute Gasteiger partial charge is 0.229 e. The van der Waals surface area contributed by atoms with Crippen LogP contribution in [-0.2, 0) is 9.84 Å². The van der Waals surface area contributed by atoms with Crippen LogP contribution in [0.2, 0.25) is 0 Å². The highest BCUT2D eigenvalue weighted by Gasteiger charge is 2.16. The van der Waals surface area contributed by atoms with E-state index in [0.29, 0.717) is 6.42 Å². The molecule has 0 bridgehead atoms. The molecule has 0 spiro atoms. The molecule has 17 heavy (non-hydrogen) atoms. The van der Waals surface area contributed by atoms with E-state index in [2.05, 4.69) is 28.1 Å². The highest BCUT2D eigenvalue weighted by atomic mass is 79.9. The molecule has 1 aromatic rings. The third-order valence-corrected chi connectivity index (χ3v) is 6.05. The Morgan fingerprint density at radius 2 is 1.76 bits per heavy atom. The van der Waals surface area contributed by atoms with E-state index in [0.717, 1.165) is 6.42 Å². The van der Waals surface area contributed by atoms with E-state index in [1.165, 1.54) is 5.56 Å². The Morgan fingerprint density at radius 1 is 1.18 bits per heavy atom. The van der Waals surface area contributed by atoms with Crippen molar-refractivity contribution in [2.24, 2.45) is 0 Å². The third kappa shape index (κ3) is 4.80. The summed E-state index contributed by atoms with van der Waals surface area (Å²) in [4.78, 5) is 0.242. The summed E-state index contributed by atoms with van der Waals surface area (Å²) in [5.74, 6) is 0.277. The van der Waals surface area contributed by atoms with Crippen LogP contribution in [0.3, 0.4) is 0 Å². The summed E-state index contributed by atoms with van der Waals surface area (Å²) < 4.78 is 23.3. The average Bonchev–Trinajstić information content (AvgIpc) is 2.29. The van der Waals surface area contributed by atoms with Crippen LogP contribution in [-0.4, -0.2) is 19.4 Å². The molecule has 1 rings (SSSR count). The van der Waals surface area contributed by atoms with Gasteiger partial charge in [-0.05, 0) is 32.3 Å². The van der Waals surface area contributed by atoms with Gasteiger partial charge < -0.3 is 0 Å². The first kappa shape index (κ1) is 14.7. The number of hydrogen-bond acceptors (Lipinski definition) is 2. The van der Waals surface area contributed by atoms with Crippen LogP contribution >= 0.6 is 15.9 Å². The lowest BCUT2D eigenvalue weighted by Gasteiger charge is -2.11. The molecule has 0 radical (unpaired) electrons. The van der Waals surface area contributed by atoms with Crippen molar-refractivity contribution in [2.75, 3.05) is 5.75 Å². The first-order valence-corrected chi connectivity index (χ1v) is 8.47. The Morgan fingerprint density at radius 3 is 2.29 bits per heavy atom. The maximum atomic E-state index is 11.6. The predicted octanol–water partition coefficient (Wildman–Crippen LogP) is 3.73. The normalized spacial score (nSPS) is 13.9. The smallest absolute Gasteiger partial charge is 0.152 e. The van der Waals surface area contributed by atoms with Gasteiger partial charge in [0.05, 0.1) is 11.0 Å². The molecule has 1 unspecified atom stereocenters. The van der Waals surface area contributed by atoms with E-state index in [1.807, 2.05) is 18.2 Å². The molecule has 0 fully saturated rings. The van der Waals surface area contributed by atoms with Gasteiger partial charge in [-0.3, -0.25) is 0 Å². The molecule has 0 saturated carbocycles. The topological polar surface area (TPSA) is 34.1 Å². The maximum Gasteiger partial charge on any atom is 0.152 e. The number of rotatable bonds is 6. The van der Waals surface area contributed by atoms with Gasteiger partial charge >= 0.3 is 0 Å². The Labute approximate surface area is 112 Å². The molecule has 96 valence electrons. The molecule has 0 aliphatic heterocycles. The van der Waals surface area contributed by atoms with Crippen molar-refractivity contribution in [3.8, 4) is 0 Å². The zero-order valence-corrected chi connectivity index (χ0v) is 12.7. The molecule has 0 amide bonds. The Balaban J connectivity index is 2.43. The summed E-state index contributed by atoms with van der Waals surface area (Å²) >= 11 is 3.60. The monoisotopic (exact) mass is 318 g/mol. The van der Waals surface area contributed by atoms with E-state index in [4.69, 9.17) is 0 Å². The summed E-state index contributed by atoms with van der Waals surface area (Å²) in [6.07, 6.45) is 1.54. The number of halogens is 1. The Hall–Kier alpha value is -0.350. The quantitative estimate of drug-likeness (QED) is 0.749. The van der Waals surface area contributed by atoms with Crippen molar-refractivity contribution in [3.63, 3.8) is 0 Å². The zero-order chi connectivity index (χ0) is 12.9. The summed E-state index contributed by atoms with van der Waals surface area (Å²) in [6, 6.07) is 10.1. The number of alkyl halides is 1. The first-order chi connectivity index (χ1) is 7.93.